The lowest BCUT2D eigenvalue weighted by Crippen LogP contribution is -2.17. The second-order valence-corrected chi connectivity index (χ2v) is 6.72. The summed E-state index contributed by atoms with van der Waals surface area (Å²) in [6, 6.07) is 20.5. The summed E-state index contributed by atoms with van der Waals surface area (Å²) in [4.78, 5) is 24.3. The maximum absolute atomic E-state index is 12.2. The summed E-state index contributed by atoms with van der Waals surface area (Å²) in [5.74, 6) is 0.296. The van der Waals surface area contributed by atoms with Crippen LogP contribution >= 0.6 is 15.9 Å². The monoisotopic (exact) mass is 452 g/mol. The van der Waals surface area contributed by atoms with Crippen LogP contribution in [0.4, 0.5) is 0 Å². The van der Waals surface area contributed by atoms with E-state index in [1.54, 1.807) is 73.8 Å². The number of amides is 1. The van der Waals surface area contributed by atoms with Crippen molar-refractivity contribution in [2.24, 2.45) is 5.10 Å². The lowest BCUT2D eigenvalue weighted by atomic mass is 10.2. The average Bonchev–Trinajstić information content (AvgIpc) is 2.75. The van der Waals surface area contributed by atoms with E-state index in [9.17, 15) is 9.59 Å². The number of hydrogen-bond acceptors (Lipinski definition) is 5. The fourth-order valence-electron chi connectivity index (χ4n) is 2.38. The first-order chi connectivity index (χ1) is 14.1. The quantitative estimate of drug-likeness (QED) is 0.259. The van der Waals surface area contributed by atoms with Crippen LogP contribution in [0.1, 0.15) is 26.3 Å². The number of rotatable bonds is 6. The van der Waals surface area contributed by atoms with Crippen molar-refractivity contribution in [3.8, 4) is 11.5 Å². The zero-order chi connectivity index (χ0) is 20.6. The number of hydrogen-bond donors (Lipinski definition) is 1. The summed E-state index contributed by atoms with van der Waals surface area (Å²) >= 11 is 3.33. The molecule has 0 atom stereocenters. The predicted molar refractivity (Wildman–Crippen MR) is 114 cm³/mol. The van der Waals surface area contributed by atoms with Gasteiger partial charge in [0.2, 0.25) is 0 Å². The topological polar surface area (TPSA) is 77.0 Å². The molecule has 3 aromatic carbocycles. The van der Waals surface area contributed by atoms with Crippen molar-refractivity contribution in [1.29, 1.82) is 0 Å². The Labute approximate surface area is 176 Å². The Bertz CT molecular complexity index is 1030. The molecule has 29 heavy (non-hydrogen) atoms. The van der Waals surface area contributed by atoms with E-state index in [-0.39, 0.29) is 5.91 Å². The largest absolute Gasteiger partial charge is 0.497 e. The van der Waals surface area contributed by atoms with Gasteiger partial charge in [-0.3, -0.25) is 4.79 Å². The number of carbonyl (C=O) groups excluding carboxylic acids is 2. The summed E-state index contributed by atoms with van der Waals surface area (Å²) in [5.41, 5.74) is 4.11. The van der Waals surface area contributed by atoms with Crippen molar-refractivity contribution < 1.29 is 19.1 Å². The van der Waals surface area contributed by atoms with Crippen LogP contribution in [0.5, 0.6) is 11.5 Å². The van der Waals surface area contributed by atoms with Gasteiger partial charge in [0.05, 0.1) is 18.9 Å². The first kappa shape index (κ1) is 20.3. The predicted octanol–water partition coefficient (Wildman–Crippen LogP) is 4.44. The van der Waals surface area contributed by atoms with Crippen LogP contribution in [0.3, 0.4) is 0 Å². The zero-order valence-electron chi connectivity index (χ0n) is 15.5. The van der Waals surface area contributed by atoms with Crippen LogP contribution in [0.2, 0.25) is 0 Å². The van der Waals surface area contributed by atoms with Gasteiger partial charge < -0.3 is 9.47 Å². The Balaban J connectivity index is 1.56. The molecule has 7 heteroatoms. The number of carbonyl (C=O) groups is 2. The second kappa shape index (κ2) is 9.66. The van der Waals surface area contributed by atoms with Gasteiger partial charge in [-0.25, -0.2) is 10.2 Å². The third kappa shape index (κ3) is 5.52. The smallest absolute Gasteiger partial charge is 0.344 e. The van der Waals surface area contributed by atoms with Gasteiger partial charge in [-0.1, -0.05) is 12.1 Å². The molecule has 0 aliphatic carbocycles. The molecule has 1 amide bonds. The van der Waals surface area contributed by atoms with Gasteiger partial charge in [-0.05, 0) is 82.2 Å². The molecule has 0 aromatic heterocycles. The molecular weight excluding hydrogens is 436 g/mol. The van der Waals surface area contributed by atoms with Gasteiger partial charge in [0.1, 0.15) is 11.5 Å². The molecule has 0 saturated carbocycles. The summed E-state index contributed by atoms with van der Waals surface area (Å²) in [6.45, 7) is 0. The highest BCUT2D eigenvalue weighted by Gasteiger charge is 2.11. The molecule has 1 N–H and O–H groups in total. The van der Waals surface area contributed by atoms with Crippen molar-refractivity contribution in [3.05, 3.63) is 94.0 Å². The van der Waals surface area contributed by atoms with E-state index >= 15 is 0 Å². The Morgan fingerprint density at radius 1 is 0.931 bits per heavy atom. The van der Waals surface area contributed by atoms with Crippen molar-refractivity contribution in [2.45, 2.75) is 0 Å². The molecular formula is C22H17BrN2O4. The van der Waals surface area contributed by atoms with E-state index in [4.69, 9.17) is 9.47 Å². The minimum Gasteiger partial charge on any atom is -0.497 e. The first-order valence-electron chi connectivity index (χ1n) is 8.61. The number of hydrazone groups is 1. The fourth-order valence-corrected chi connectivity index (χ4v) is 2.83. The summed E-state index contributed by atoms with van der Waals surface area (Å²) in [7, 11) is 1.56. The molecule has 0 saturated heterocycles. The van der Waals surface area contributed by atoms with E-state index in [2.05, 4.69) is 26.5 Å². The Hall–Kier alpha value is -3.45. The average molecular weight is 453 g/mol. The molecule has 0 fully saturated rings. The molecule has 6 nitrogen and oxygen atoms in total. The van der Waals surface area contributed by atoms with Crippen LogP contribution in [0.15, 0.2) is 82.4 Å². The molecule has 0 heterocycles. The van der Waals surface area contributed by atoms with Gasteiger partial charge in [0.15, 0.2) is 0 Å². The van der Waals surface area contributed by atoms with Crippen LogP contribution in [-0.2, 0) is 0 Å². The Morgan fingerprint density at radius 2 is 1.59 bits per heavy atom. The highest BCUT2D eigenvalue weighted by molar-refractivity contribution is 9.10. The van der Waals surface area contributed by atoms with E-state index in [0.29, 0.717) is 27.1 Å². The highest BCUT2D eigenvalue weighted by Crippen LogP contribution is 2.19. The molecule has 0 radical (unpaired) electrons. The normalized spacial score (nSPS) is 10.6. The second-order valence-electron chi connectivity index (χ2n) is 5.87. The molecule has 0 unspecified atom stereocenters. The maximum atomic E-state index is 12.2. The summed E-state index contributed by atoms with van der Waals surface area (Å²) < 4.78 is 11.1. The number of nitrogens with zero attached hydrogens (tertiary/aromatic N) is 1. The minimum atomic E-state index is -0.453. The SMILES string of the molecule is COc1ccc(C(=O)N/N=C/c2ccc(OC(=O)c3ccccc3Br)cc2)cc1. The van der Waals surface area contributed by atoms with E-state index in [0.717, 1.165) is 5.56 Å². The molecule has 3 rings (SSSR count). The van der Waals surface area contributed by atoms with Gasteiger partial charge in [-0.15, -0.1) is 0 Å². The van der Waals surface area contributed by atoms with Gasteiger partial charge >= 0.3 is 5.97 Å². The molecule has 0 spiro atoms. The highest BCUT2D eigenvalue weighted by atomic mass is 79.9. The van der Waals surface area contributed by atoms with Crippen LogP contribution in [0, 0.1) is 0 Å². The van der Waals surface area contributed by atoms with Crippen molar-refractivity contribution in [1.82, 2.24) is 5.43 Å². The minimum absolute atomic E-state index is 0.331. The molecule has 0 aliphatic heterocycles. The van der Waals surface area contributed by atoms with Crippen LogP contribution in [-0.4, -0.2) is 25.2 Å². The standard InChI is InChI=1S/C22H17BrN2O4/c1-28-17-12-8-16(9-13-17)21(26)25-24-14-15-6-10-18(11-7-15)29-22(27)19-4-2-3-5-20(19)23/h2-14H,1H3,(H,25,26)/b24-14+. The Morgan fingerprint density at radius 3 is 2.24 bits per heavy atom. The van der Waals surface area contributed by atoms with Crippen molar-refractivity contribution in [3.63, 3.8) is 0 Å². The van der Waals surface area contributed by atoms with E-state index in [1.165, 1.54) is 6.21 Å². The van der Waals surface area contributed by atoms with Gasteiger partial charge in [0.25, 0.3) is 5.91 Å². The van der Waals surface area contributed by atoms with Crippen LogP contribution < -0.4 is 14.9 Å². The van der Waals surface area contributed by atoms with E-state index in [1.807, 2.05) is 6.07 Å². The number of methoxy groups -OCH3 is 1. The molecule has 0 bridgehead atoms. The number of nitrogens with one attached hydrogen (secondary N) is 1. The molecule has 0 aliphatic rings. The number of esters is 1. The maximum Gasteiger partial charge on any atom is 0.344 e. The third-order valence-corrected chi connectivity index (χ3v) is 4.61. The third-order valence-electron chi connectivity index (χ3n) is 3.92. The number of halogens is 1. The number of benzene rings is 3. The molecule has 3 aromatic rings. The number of ether oxygens (including phenoxy) is 2. The first-order valence-corrected chi connectivity index (χ1v) is 9.40. The lowest BCUT2D eigenvalue weighted by molar-refractivity contribution is 0.0733. The summed E-state index contributed by atoms with van der Waals surface area (Å²) in [6.07, 6.45) is 1.50. The van der Waals surface area contributed by atoms with Crippen molar-refractivity contribution in [2.75, 3.05) is 7.11 Å². The molecule has 146 valence electrons. The zero-order valence-corrected chi connectivity index (χ0v) is 17.0. The summed E-state index contributed by atoms with van der Waals surface area (Å²) in [5, 5.41) is 3.94. The lowest BCUT2D eigenvalue weighted by Gasteiger charge is -2.06. The van der Waals surface area contributed by atoms with Gasteiger partial charge in [0, 0.05) is 10.0 Å². The Kier molecular flexibility index (Phi) is 6.76. The van der Waals surface area contributed by atoms with Crippen molar-refractivity contribution >= 4 is 34.0 Å². The van der Waals surface area contributed by atoms with E-state index < -0.39 is 5.97 Å². The fraction of sp³-hybridized carbons (Fsp3) is 0.0455. The van der Waals surface area contributed by atoms with Crippen LogP contribution in [0.25, 0.3) is 0 Å². The van der Waals surface area contributed by atoms with Gasteiger partial charge in [-0.2, -0.15) is 5.10 Å².